The lowest BCUT2D eigenvalue weighted by atomic mass is 9.78. The van der Waals surface area contributed by atoms with Gasteiger partial charge in [-0.05, 0) is 110 Å². The quantitative estimate of drug-likeness (QED) is 0.107. The minimum absolute atomic E-state index is 0.0281. The Kier molecular flexibility index (Phi) is 10.7. The molecule has 0 fully saturated rings. The molecule has 6 nitrogen and oxygen atoms in total. The van der Waals surface area contributed by atoms with Gasteiger partial charge in [-0.1, -0.05) is 221 Å². The lowest BCUT2D eigenvalue weighted by molar-refractivity contribution is -0.571. The van der Waals surface area contributed by atoms with Gasteiger partial charge in [0.2, 0.25) is 0 Å². The maximum absolute atomic E-state index is 9.34. The van der Waals surface area contributed by atoms with Crippen LogP contribution in [0.1, 0.15) is 98.7 Å². The molecule has 0 aliphatic rings. The first kappa shape index (κ1) is 44.9. The van der Waals surface area contributed by atoms with E-state index in [1.54, 1.807) is 0 Å². The number of pyridine rings is 1. The summed E-state index contributed by atoms with van der Waals surface area (Å²) in [5, 5.41) is 4.47. The van der Waals surface area contributed by atoms with Crippen LogP contribution in [0.5, 0.6) is 11.5 Å². The fourth-order valence-electron chi connectivity index (χ4n) is 11.5. The zero-order valence-corrected chi connectivity index (χ0v) is 47.1. The van der Waals surface area contributed by atoms with E-state index in [4.69, 9.17) is 13.8 Å². The van der Waals surface area contributed by atoms with Crippen LogP contribution in [-0.2, 0) is 10.8 Å². The van der Waals surface area contributed by atoms with Crippen LogP contribution in [0.4, 0.5) is 0 Å². The molecule has 13 rings (SSSR count). The molecule has 6 heteroatoms. The molecule has 0 saturated heterocycles. The summed E-state index contributed by atoms with van der Waals surface area (Å²) in [4.78, 5) is 5.10. The normalized spacial score (nSPS) is 13.7. The summed E-state index contributed by atoms with van der Waals surface area (Å²) in [7, 11) is 0. The molecule has 4 heterocycles. The van der Waals surface area contributed by atoms with E-state index in [0.29, 0.717) is 22.7 Å². The molecule has 394 valence electrons. The molecule has 0 N–H and O–H groups in total. The van der Waals surface area contributed by atoms with Crippen molar-refractivity contribution < 1.29 is 16.2 Å². The van der Waals surface area contributed by atoms with Crippen molar-refractivity contribution >= 4 is 54.6 Å². The SMILES string of the molecule is [2H]c1c([2H])c([2H])c(-c2cccc(-c3cc(C(C)(C)C)cc(C(C)(C)C)c3)c2-[n+]2[c-]n(-c3cccc(Oc4cc(-n5c6ccccc6c6ccccc65)c5c6ccccc6n(-c6cc(C(C)C(C)(C)C)ccn6)c5c4)c3)c3ccccc32)c([2H])c1[2H]. The molecule has 0 bridgehead atoms. The average molecular weight is 1050 g/mol. The molecule has 0 radical (unpaired) electrons. The number of aromatic nitrogens is 5. The number of hydrogen-bond acceptors (Lipinski definition) is 2. The van der Waals surface area contributed by atoms with Crippen molar-refractivity contribution in [2.24, 2.45) is 5.41 Å². The first-order valence-electron chi connectivity index (χ1n) is 30.2. The summed E-state index contributed by atoms with van der Waals surface area (Å²) >= 11 is 0. The van der Waals surface area contributed by atoms with Crippen LogP contribution in [0.2, 0.25) is 0 Å². The van der Waals surface area contributed by atoms with Crippen molar-refractivity contribution in [2.75, 3.05) is 0 Å². The van der Waals surface area contributed by atoms with E-state index >= 15 is 0 Å². The maximum atomic E-state index is 9.34. The van der Waals surface area contributed by atoms with Gasteiger partial charge in [0.25, 0.3) is 6.33 Å². The fourth-order valence-corrected chi connectivity index (χ4v) is 11.5. The summed E-state index contributed by atoms with van der Waals surface area (Å²) in [6, 6.07) is 61.3. The van der Waals surface area contributed by atoms with E-state index in [-0.39, 0.29) is 39.8 Å². The van der Waals surface area contributed by atoms with Crippen LogP contribution >= 0.6 is 0 Å². The van der Waals surface area contributed by atoms with Crippen molar-refractivity contribution in [1.29, 1.82) is 0 Å². The second kappa shape index (κ2) is 19.1. The topological polar surface area (TPSA) is 40.8 Å². The van der Waals surface area contributed by atoms with Crippen LogP contribution < -0.4 is 9.30 Å². The average Bonchev–Trinajstić information content (AvgIpc) is 1.68. The highest BCUT2D eigenvalue weighted by atomic mass is 16.5. The van der Waals surface area contributed by atoms with Crippen molar-refractivity contribution in [3.8, 4) is 56.6 Å². The lowest BCUT2D eigenvalue weighted by Crippen LogP contribution is -2.31. The predicted octanol–water partition coefficient (Wildman–Crippen LogP) is 19.2. The highest BCUT2D eigenvalue weighted by Gasteiger charge is 2.27. The molecule has 1 atom stereocenters. The Morgan fingerprint density at radius 2 is 1.11 bits per heavy atom. The van der Waals surface area contributed by atoms with Gasteiger partial charge in [-0.2, -0.15) is 0 Å². The molecule has 9 aromatic carbocycles. The number of fused-ring (bicyclic) bond motifs is 7. The Morgan fingerprint density at radius 1 is 0.525 bits per heavy atom. The first-order valence-corrected chi connectivity index (χ1v) is 27.7. The lowest BCUT2D eigenvalue weighted by Gasteiger charge is -2.27. The first-order chi connectivity index (χ1) is 40.6. The van der Waals surface area contributed by atoms with E-state index < -0.39 is 18.1 Å². The molecule has 1 unspecified atom stereocenters. The Bertz CT molecular complexity index is 4740. The Labute approximate surface area is 476 Å². The minimum Gasteiger partial charge on any atom is -0.458 e. The molecule has 80 heavy (non-hydrogen) atoms. The van der Waals surface area contributed by atoms with Crippen molar-refractivity contribution in [3.63, 3.8) is 0 Å². The number of rotatable bonds is 9. The molecule has 4 aromatic heterocycles. The smallest absolute Gasteiger partial charge is 0.269 e. The van der Waals surface area contributed by atoms with Crippen molar-refractivity contribution in [3.05, 3.63) is 241 Å². The highest BCUT2D eigenvalue weighted by Crippen LogP contribution is 2.45. The summed E-state index contributed by atoms with van der Waals surface area (Å²) in [6.07, 6.45) is 5.69. The number of imidazole rings is 1. The molecule has 13 aromatic rings. The molecule has 0 aliphatic heterocycles. The van der Waals surface area contributed by atoms with Crippen molar-refractivity contribution in [2.45, 2.75) is 86.0 Å². The van der Waals surface area contributed by atoms with Crippen LogP contribution in [0.3, 0.4) is 0 Å². The van der Waals surface area contributed by atoms with Crippen molar-refractivity contribution in [1.82, 2.24) is 18.7 Å². The monoisotopic (exact) mass is 1050 g/mol. The van der Waals surface area contributed by atoms with E-state index in [2.05, 4.69) is 212 Å². The van der Waals surface area contributed by atoms with Crippen LogP contribution in [0.15, 0.2) is 218 Å². The third-order valence-electron chi connectivity index (χ3n) is 16.2. The predicted molar refractivity (Wildman–Crippen MR) is 333 cm³/mol. The van der Waals surface area contributed by atoms with Gasteiger partial charge in [-0.15, -0.1) is 0 Å². The van der Waals surface area contributed by atoms with E-state index in [1.165, 1.54) is 5.56 Å². The van der Waals surface area contributed by atoms with Gasteiger partial charge >= 0.3 is 0 Å². The second-order valence-electron chi connectivity index (χ2n) is 24.5. The van der Waals surface area contributed by atoms with Gasteiger partial charge in [-0.3, -0.25) is 13.7 Å². The highest BCUT2D eigenvalue weighted by molar-refractivity contribution is 6.16. The third-order valence-corrected chi connectivity index (χ3v) is 16.2. The van der Waals surface area contributed by atoms with E-state index in [9.17, 15) is 2.74 Å². The van der Waals surface area contributed by atoms with Gasteiger partial charge in [0.05, 0.1) is 57.0 Å². The Balaban J connectivity index is 1.03. The van der Waals surface area contributed by atoms with Gasteiger partial charge in [0, 0.05) is 39.9 Å². The van der Waals surface area contributed by atoms with Crippen LogP contribution in [-0.4, -0.2) is 18.7 Å². The number of hydrogen-bond donors (Lipinski definition) is 0. The zero-order valence-electron chi connectivity index (χ0n) is 52.1. The third kappa shape index (κ3) is 8.75. The summed E-state index contributed by atoms with van der Waals surface area (Å²) in [6.45, 7) is 22.4. The fraction of sp³-hybridized carbons (Fsp3) is 0.189. The molecular weight excluding hydrogens is 975 g/mol. The van der Waals surface area contributed by atoms with Gasteiger partial charge in [0.1, 0.15) is 17.3 Å². The Morgan fingerprint density at radius 3 is 1.76 bits per heavy atom. The molecule has 0 amide bonds. The molecule has 0 spiro atoms. The van der Waals surface area contributed by atoms with Gasteiger partial charge < -0.3 is 9.30 Å². The Hall–Kier alpha value is -9.00. The standard InChI is InChI=1S/C74H67N5O/c1-48(72(2,3)4)50-38-39-75-69(42-50)79-64-35-19-16-30-61(64)70-67(78-62-33-17-14-28-59(62)60-29-15-18-34-63(60)78)45-56(46-68(70)79)80-55-27-22-26-54(44-55)76-47-77(66-37-21-20-36-65(66)76)71-57(49-24-12-11-13-25-49)31-23-32-58(71)51-40-52(73(5,6)7)43-53(41-51)74(8,9)10/h11-46,48H,1-10H3/i11D,12D,13D,24D,25D. The van der Waals surface area contributed by atoms with Crippen LogP contribution in [0.25, 0.3) is 99.8 Å². The molecule has 0 aliphatic carbocycles. The number of para-hydroxylation sites is 6. The number of benzene rings is 9. The zero-order chi connectivity index (χ0) is 59.6. The molecular formula is C74H67N5O. The number of ether oxygens (including phenoxy) is 1. The maximum Gasteiger partial charge on any atom is 0.269 e. The number of nitrogens with zero attached hydrogens (tertiary/aromatic N) is 5. The summed E-state index contributed by atoms with van der Waals surface area (Å²) in [5.74, 6) is 2.31. The minimum atomic E-state index is -0.444. The summed E-state index contributed by atoms with van der Waals surface area (Å²) < 4.78 is 60.8. The van der Waals surface area contributed by atoms with Gasteiger partial charge in [0.15, 0.2) is 0 Å². The van der Waals surface area contributed by atoms with Crippen LogP contribution in [0, 0.1) is 11.7 Å². The van der Waals surface area contributed by atoms with Gasteiger partial charge in [-0.25, -0.2) is 4.98 Å². The largest absolute Gasteiger partial charge is 0.458 e. The van der Waals surface area contributed by atoms with E-state index in [0.717, 1.165) is 94.1 Å². The second-order valence-corrected chi connectivity index (χ2v) is 24.5. The van der Waals surface area contributed by atoms with E-state index in [1.807, 2.05) is 69.9 Å². The summed E-state index contributed by atoms with van der Waals surface area (Å²) in [5.41, 5.74) is 13.6. The molecule has 0 saturated carbocycles.